The minimum atomic E-state index is -0.724. The molecule has 174 valence electrons. The molecule has 2 heterocycles. The van der Waals surface area contributed by atoms with E-state index in [9.17, 15) is 13.6 Å². The lowest BCUT2D eigenvalue weighted by atomic mass is 10.1. The van der Waals surface area contributed by atoms with Crippen molar-refractivity contribution in [1.29, 1.82) is 0 Å². The summed E-state index contributed by atoms with van der Waals surface area (Å²) < 4.78 is 40.6. The van der Waals surface area contributed by atoms with Gasteiger partial charge in [-0.1, -0.05) is 0 Å². The first-order chi connectivity index (χ1) is 16.0. The third-order valence-corrected chi connectivity index (χ3v) is 6.45. The van der Waals surface area contributed by atoms with Crippen molar-refractivity contribution in [2.24, 2.45) is 4.99 Å². The van der Waals surface area contributed by atoms with E-state index in [2.05, 4.69) is 4.99 Å². The molecule has 1 saturated heterocycles. The fourth-order valence-electron chi connectivity index (χ4n) is 3.90. The molecule has 1 fully saturated rings. The fourth-order valence-corrected chi connectivity index (χ4v) is 4.84. The van der Waals surface area contributed by atoms with Gasteiger partial charge < -0.3 is 18.9 Å². The highest BCUT2D eigenvalue weighted by atomic mass is 32.1. The van der Waals surface area contributed by atoms with Gasteiger partial charge in [-0.2, -0.15) is 0 Å². The number of methoxy groups -OCH3 is 2. The molecule has 1 amide bonds. The van der Waals surface area contributed by atoms with E-state index in [0.717, 1.165) is 30.3 Å². The highest BCUT2D eigenvalue weighted by Crippen LogP contribution is 2.34. The van der Waals surface area contributed by atoms with Crippen molar-refractivity contribution in [3.63, 3.8) is 0 Å². The molecule has 1 aliphatic heterocycles. The van der Waals surface area contributed by atoms with Gasteiger partial charge in [-0.15, -0.1) is 11.3 Å². The summed E-state index contributed by atoms with van der Waals surface area (Å²) in [4.78, 5) is 18.9. The molecular formula is C24H25F2N3O3S. The molecule has 1 aliphatic rings. The smallest absolute Gasteiger partial charge is 0.222 e. The minimum Gasteiger partial charge on any atom is -0.497 e. The third kappa shape index (κ3) is 5.08. The molecule has 0 aliphatic carbocycles. The van der Waals surface area contributed by atoms with E-state index in [-0.39, 0.29) is 11.6 Å². The fraction of sp³-hybridized carbons (Fsp3) is 0.333. The number of carbonyl (C=O) groups excluding carboxylic acids is 1. The number of nitrogens with zero attached hydrogens (tertiary/aromatic N) is 3. The highest BCUT2D eigenvalue weighted by Gasteiger charge is 2.20. The Kier molecular flexibility index (Phi) is 7.08. The van der Waals surface area contributed by atoms with Gasteiger partial charge >= 0.3 is 0 Å². The Bertz CT molecular complexity index is 1220. The van der Waals surface area contributed by atoms with Gasteiger partial charge in [-0.3, -0.25) is 4.79 Å². The molecule has 3 aromatic rings. The number of hydrogen-bond acceptors (Lipinski definition) is 5. The number of ether oxygens (including phenoxy) is 2. The summed E-state index contributed by atoms with van der Waals surface area (Å²) in [6.07, 6.45) is 2.20. The van der Waals surface area contributed by atoms with E-state index in [1.807, 2.05) is 33.0 Å². The number of thiazole rings is 1. The Balaban J connectivity index is 1.75. The zero-order valence-electron chi connectivity index (χ0n) is 18.5. The molecule has 0 N–H and O–H groups in total. The van der Waals surface area contributed by atoms with Crippen molar-refractivity contribution in [2.45, 2.75) is 25.8 Å². The highest BCUT2D eigenvalue weighted by molar-refractivity contribution is 7.07. The van der Waals surface area contributed by atoms with E-state index >= 15 is 0 Å². The topological polar surface area (TPSA) is 56.1 Å². The van der Waals surface area contributed by atoms with Gasteiger partial charge in [0.05, 0.1) is 19.9 Å². The summed E-state index contributed by atoms with van der Waals surface area (Å²) in [5, 5.41) is 1.93. The molecule has 33 heavy (non-hydrogen) atoms. The SMILES string of the molecule is COc1ccc(OC)c(-c2csc(=Nc3ccc(F)cc3F)n2CCCN2CCCC2=O)c1. The molecule has 6 nitrogen and oxygen atoms in total. The average Bonchev–Trinajstić information content (AvgIpc) is 3.41. The van der Waals surface area contributed by atoms with Crippen LogP contribution in [0.2, 0.25) is 0 Å². The lowest BCUT2D eigenvalue weighted by Gasteiger charge is -2.17. The molecular weight excluding hydrogens is 448 g/mol. The molecule has 0 spiro atoms. The van der Waals surface area contributed by atoms with E-state index in [1.165, 1.54) is 23.5 Å². The van der Waals surface area contributed by atoms with Gasteiger partial charge in [0.25, 0.3) is 0 Å². The van der Waals surface area contributed by atoms with Crippen LogP contribution in [0.15, 0.2) is 46.8 Å². The number of amides is 1. The van der Waals surface area contributed by atoms with E-state index < -0.39 is 11.6 Å². The summed E-state index contributed by atoms with van der Waals surface area (Å²) >= 11 is 1.35. The first kappa shape index (κ1) is 23.0. The second-order valence-corrected chi connectivity index (χ2v) is 8.50. The Hall–Kier alpha value is -3.20. The Morgan fingerprint density at radius 1 is 1.09 bits per heavy atom. The van der Waals surface area contributed by atoms with Crippen LogP contribution in [-0.2, 0) is 11.3 Å². The molecule has 2 aromatic carbocycles. The summed E-state index contributed by atoms with van der Waals surface area (Å²) in [6, 6.07) is 8.85. The third-order valence-electron chi connectivity index (χ3n) is 5.59. The van der Waals surface area contributed by atoms with Crippen LogP contribution < -0.4 is 14.3 Å². The molecule has 0 saturated carbocycles. The maximum Gasteiger partial charge on any atom is 0.222 e. The number of hydrogen-bond donors (Lipinski definition) is 0. The zero-order valence-corrected chi connectivity index (χ0v) is 19.3. The number of aromatic nitrogens is 1. The zero-order chi connectivity index (χ0) is 23.4. The first-order valence-electron chi connectivity index (χ1n) is 10.7. The Labute approximate surface area is 194 Å². The summed E-state index contributed by atoms with van der Waals surface area (Å²) in [5.41, 5.74) is 1.71. The normalized spacial score (nSPS) is 14.2. The minimum absolute atomic E-state index is 0.0610. The van der Waals surface area contributed by atoms with Gasteiger partial charge in [-0.05, 0) is 43.2 Å². The van der Waals surface area contributed by atoms with Crippen LogP contribution in [-0.4, -0.2) is 42.7 Å². The quantitative estimate of drug-likeness (QED) is 0.474. The van der Waals surface area contributed by atoms with Crippen LogP contribution in [0.5, 0.6) is 11.5 Å². The van der Waals surface area contributed by atoms with Crippen molar-refractivity contribution >= 4 is 22.9 Å². The Morgan fingerprint density at radius 3 is 2.64 bits per heavy atom. The molecule has 0 radical (unpaired) electrons. The number of carbonyl (C=O) groups is 1. The summed E-state index contributed by atoms with van der Waals surface area (Å²) in [6.45, 7) is 1.98. The van der Waals surface area contributed by atoms with Crippen LogP contribution in [0.3, 0.4) is 0 Å². The van der Waals surface area contributed by atoms with E-state index in [4.69, 9.17) is 9.47 Å². The van der Waals surface area contributed by atoms with Crippen LogP contribution in [0.1, 0.15) is 19.3 Å². The van der Waals surface area contributed by atoms with E-state index in [1.54, 1.807) is 14.2 Å². The first-order valence-corrected chi connectivity index (χ1v) is 11.6. The average molecular weight is 474 g/mol. The largest absolute Gasteiger partial charge is 0.497 e. The molecule has 0 unspecified atom stereocenters. The second-order valence-electron chi connectivity index (χ2n) is 7.67. The van der Waals surface area contributed by atoms with Gasteiger partial charge in [-0.25, -0.2) is 13.8 Å². The standard InChI is InChI=1S/C24H25F2N3O3S/c1-31-17-7-9-22(32-2)18(14-17)21-15-33-24(27-20-8-6-16(25)13-19(20)26)29(21)12-4-11-28-10-3-5-23(28)30/h6-9,13-15H,3-5,10-12H2,1-2H3. The molecule has 0 bridgehead atoms. The van der Waals surface area contributed by atoms with Crippen LogP contribution in [0.4, 0.5) is 14.5 Å². The number of benzene rings is 2. The lowest BCUT2D eigenvalue weighted by Crippen LogP contribution is -2.27. The molecule has 1 aromatic heterocycles. The monoisotopic (exact) mass is 473 g/mol. The lowest BCUT2D eigenvalue weighted by molar-refractivity contribution is -0.127. The Morgan fingerprint density at radius 2 is 1.94 bits per heavy atom. The van der Waals surface area contributed by atoms with Crippen molar-refractivity contribution in [1.82, 2.24) is 9.47 Å². The van der Waals surface area contributed by atoms with Crippen LogP contribution >= 0.6 is 11.3 Å². The maximum absolute atomic E-state index is 14.3. The summed E-state index contributed by atoms with van der Waals surface area (Å²) in [5.74, 6) is 0.143. The van der Waals surface area contributed by atoms with Crippen molar-refractivity contribution in [2.75, 3.05) is 27.3 Å². The number of rotatable bonds is 8. The van der Waals surface area contributed by atoms with E-state index in [0.29, 0.717) is 42.2 Å². The number of halogens is 2. The maximum atomic E-state index is 14.3. The second kappa shape index (κ2) is 10.2. The van der Waals surface area contributed by atoms with Crippen molar-refractivity contribution < 1.29 is 23.0 Å². The molecule has 4 rings (SSSR count). The van der Waals surface area contributed by atoms with Gasteiger partial charge in [0.2, 0.25) is 5.91 Å². The van der Waals surface area contributed by atoms with Gasteiger partial charge in [0.15, 0.2) is 10.6 Å². The summed E-state index contributed by atoms with van der Waals surface area (Å²) in [7, 11) is 3.19. The van der Waals surface area contributed by atoms with Crippen molar-refractivity contribution in [3.05, 3.63) is 58.2 Å². The number of likely N-dealkylation sites (tertiary alicyclic amines) is 1. The predicted octanol–water partition coefficient (Wildman–Crippen LogP) is 4.76. The van der Waals surface area contributed by atoms with Crippen molar-refractivity contribution in [3.8, 4) is 22.8 Å². The van der Waals surface area contributed by atoms with Crippen LogP contribution in [0, 0.1) is 11.6 Å². The molecule has 9 heteroatoms. The predicted molar refractivity (Wildman–Crippen MR) is 123 cm³/mol. The van der Waals surface area contributed by atoms with Crippen LogP contribution in [0.25, 0.3) is 11.3 Å². The van der Waals surface area contributed by atoms with Gasteiger partial charge in [0.1, 0.15) is 23.0 Å². The van der Waals surface area contributed by atoms with Gasteiger partial charge in [0, 0.05) is 43.1 Å². The molecule has 0 atom stereocenters.